The number of β-amino-alcohol motifs (C(OH)–C–C–N with tert-alkyl or cyclic N) is 1. The highest BCUT2D eigenvalue weighted by Gasteiger charge is 2.26. The van der Waals surface area contributed by atoms with Gasteiger partial charge in [-0.2, -0.15) is 0 Å². The highest BCUT2D eigenvalue weighted by molar-refractivity contribution is 14.1. The van der Waals surface area contributed by atoms with Crippen LogP contribution in [0.15, 0.2) is 12.1 Å². The van der Waals surface area contributed by atoms with Crippen LogP contribution in [0.4, 0.5) is 15.8 Å². The summed E-state index contributed by atoms with van der Waals surface area (Å²) in [5, 5.41) is 20.6. The molecule has 1 saturated heterocycles. The maximum Gasteiger partial charge on any atom is 0.293 e. The van der Waals surface area contributed by atoms with Crippen molar-refractivity contribution >= 4 is 34.0 Å². The van der Waals surface area contributed by atoms with Gasteiger partial charge in [-0.15, -0.1) is 0 Å². The molecule has 0 spiro atoms. The number of halogens is 2. The monoisotopic (exact) mass is 366 g/mol. The third kappa shape index (κ3) is 2.72. The van der Waals surface area contributed by atoms with Gasteiger partial charge in [-0.1, -0.05) is 0 Å². The first kappa shape index (κ1) is 13.5. The van der Waals surface area contributed by atoms with Gasteiger partial charge in [-0.05, 0) is 35.4 Å². The molecule has 0 saturated carbocycles. The van der Waals surface area contributed by atoms with E-state index in [1.807, 2.05) is 0 Å². The second kappa shape index (κ2) is 5.35. The Kier molecular flexibility index (Phi) is 4.00. The average Bonchev–Trinajstić information content (AvgIpc) is 2.31. The number of rotatable bonds is 2. The van der Waals surface area contributed by atoms with Crippen LogP contribution in [-0.2, 0) is 0 Å². The number of hydrogen-bond donors (Lipinski definition) is 1. The third-order valence-corrected chi connectivity index (χ3v) is 3.78. The highest BCUT2D eigenvalue weighted by Crippen LogP contribution is 2.33. The van der Waals surface area contributed by atoms with Crippen molar-refractivity contribution in [1.82, 2.24) is 0 Å². The van der Waals surface area contributed by atoms with Gasteiger partial charge in [0.1, 0.15) is 11.5 Å². The van der Waals surface area contributed by atoms with Crippen LogP contribution in [-0.4, -0.2) is 29.2 Å². The van der Waals surface area contributed by atoms with Crippen molar-refractivity contribution in [3.8, 4) is 0 Å². The molecule has 1 aliphatic heterocycles. The van der Waals surface area contributed by atoms with Gasteiger partial charge >= 0.3 is 0 Å². The predicted molar refractivity (Wildman–Crippen MR) is 73.2 cm³/mol. The van der Waals surface area contributed by atoms with Crippen LogP contribution in [0.2, 0.25) is 0 Å². The second-order valence-electron chi connectivity index (χ2n) is 4.25. The van der Waals surface area contributed by atoms with Crippen LogP contribution in [0.3, 0.4) is 0 Å². The van der Waals surface area contributed by atoms with Crippen molar-refractivity contribution in [2.75, 3.05) is 18.0 Å². The van der Waals surface area contributed by atoms with Crippen LogP contribution in [0.1, 0.15) is 12.8 Å². The smallest absolute Gasteiger partial charge is 0.293 e. The predicted octanol–water partition coefficient (Wildman–Crippen LogP) is 2.30. The fourth-order valence-corrected chi connectivity index (χ4v) is 2.55. The fraction of sp³-hybridized carbons (Fsp3) is 0.455. The Labute approximate surface area is 117 Å². The molecule has 7 heteroatoms. The largest absolute Gasteiger partial charge is 0.391 e. The molecule has 1 aromatic carbocycles. The molecule has 1 aliphatic rings. The number of benzene rings is 1. The van der Waals surface area contributed by atoms with Crippen LogP contribution >= 0.6 is 22.6 Å². The zero-order chi connectivity index (χ0) is 13.3. The van der Waals surface area contributed by atoms with Gasteiger partial charge in [0.25, 0.3) is 5.69 Å². The lowest BCUT2D eigenvalue weighted by Crippen LogP contribution is -2.38. The molecule has 1 N–H and O–H groups in total. The molecule has 0 radical (unpaired) electrons. The summed E-state index contributed by atoms with van der Waals surface area (Å²) in [4.78, 5) is 12.2. The molecule has 0 aromatic heterocycles. The Morgan fingerprint density at radius 3 is 2.89 bits per heavy atom. The standard InChI is InChI=1S/C11H12FIN2O3/c12-8-4-10(11(15(17)18)5-9(8)13)14-3-1-2-7(16)6-14/h4-5,7,16H,1-3,6H2. The van der Waals surface area contributed by atoms with E-state index in [1.165, 1.54) is 12.1 Å². The van der Waals surface area contributed by atoms with Crippen molar-refractivity contribution < 1.29 is 14.4 Å². The number of nitro benzene ring substituents is 1. The molecule has 0 amide bonds. The topological polar surface area (TPSA) is 66.6 Å². The summed E-state index contributed by atoms with van der Waals surface area (Å²) in [7, 11) is 0. The molecule has 1 atom stereocenters. The lowest BCUT2D eigenvalue weighted by atomic mass is 10.1. The van der Waals surface area contributed by atoms with E-state index in [0.29, 0.717) is 19.5 Å². The van der Waals surface area contributed by atoms with E-state index in [4.69, 9.17) is 0 Å². The second-order valence-corrected chi connectivity index (χ2v) is 5.42. The summed E-state index contributed by atoms with van der Waals surface area (Å²) >= 11 is 1.73. The molecular weight excluding hydrogens is 354 g/mol. The molecule has 1 fully saturated rings. The van der Waals surface area contributed by atoms with E-state index in [-0.39, 0.29) is 14.9 Å². The van der Waals surface area contributed by atoms with Crippen molar-refractivity contribution in [2.45, 2.75) is 18.9 Å². The highest BCUT2D eigenvalue weighted by atomic mass is 127. The zero-order valence-corrected chi connectivity index (χ0v) is 11.6. The third-order valence-electron chi connectivity index (χ3n) is 2.95. The first-order valence-electron chi connectivity index (χ1n) is 5.55. The van der Waals surface area contributed by atoms with Crippen LogP contribution in [0, 0.1) is 19.5 Å². The van der Waals surface area contributed by atoms with Crippen molar-refractivity contribution in [3.63, 3.8) is 0 Å². The number of piperidine rings is 1. The van der Waals surface area contributed by atoms with Gasteiger partial charge < -0.3 is 10.0 Å². The first-order valence-corrected chi connectivity index (χ1v) is 6.63. The van der Waals surface area contributed by atoms with Crippen molar-refractivity contribution in [3.05, 3.63) is 31.6 Å². The summed E-state index contributed by atoms with van der Waals surface area (Å²) in [6, 6.07) is 2.41. The van der Waals surface area contributed by atoms with E-state index in [0.717, 1.165) is 6.42 Å². The molecule has 0 aliphatic carbocycles. The number of hydrogen-bond acceptors (Lipinski definition) is 4. The fourth-order valence-electron chi connectivity index (χ4n) is 2.10. The van der Waals surface area contributed by atoms with Gasteiger partial charge in [-0.25, -0.2) is 4.39 Å². The molecule has 1 aromatic rings. The molecule has 5 nitrogen and oxygen atoms in total. The summed E-state index contributed by atoms with van der Waals surface area (Å²) < 4.78 is 13.8. The Bertz CT molecular complexity index is 484. The van der Waals surface area contributed by atoms with Crippen molar-refractivity contribution in [2.24, 2.45) is 0 Å². The van der Waals surface area contributed by atoms with Crippen LogP contribution in [0.5, 0.6) is 0 Å². The van der Waals surface area contributed by atoms with E-state index >= 15 is 0 Å². The molecule has 98 valence electrons. The Morgan fingerprint density at radius 1 is 1.56 bits per heavy atom. The molecule has 0 bridgehead atoms. The summed E-state index contributed by atoms with van der Waals surface area (Å²) in [6.45, 7) is 0.902. The number of nitro groups is 1. The Balaban J connectivity index is 2.41. The summed E-state index contributed by atoms with van der Waals surface area (Å²) in [5.74, 6) is -0.476. The Morgan fingerprint density at radius 2 is 2.28 bits per heavy atom. The maximum absolute atomic E-state index is 13.6. The molecule has 1 heterocycles. The molecular formula is C11H12FIN2O3. The molecule has 18 heavy (non-hydrogen) atoms. The van der Waals surface area contributed by atoms with Gasteiger partial charge in [-0.3, -0.25) is 10.1 Å². The van der Waals surface area contributed by atoms with Gasteiger partial charge in [0.2, 0.25) is 0 Å². The summed E-state index contributed by atoms with van der Waals surface area (Å²) in [6.07, 6.45) is 0.906. The van der Waals surface area contributed by atoms with Crippen LogP contribution in [0.25, 0.3) is 0 Å². The number of aliphatic hydroxyl groups is 1. The lowest BCUT2D eigenvalue weighted by molar-refractivity contribution is -0.384. The summed E-state index contributed by atoms with van der Waals surface area (Å²) in [5.41, 5.74) is 0.131. The van der Waals surface area contributed by atoms with Gasteiger partial charge in [0, 0.05) is 25.2 Å². The van der Waals surface area contributed by atoms with E-state index in [2.05, 4.69) is 0 Å². The average molecular weight is 366 g/mol. The number of nitrogens with zero attached hydrogens (tertiary/aromatic N) is 2. The minimum atomic E-state index is -0.516. The zero-order valence-electron chi connectivity index (χ0n) is 9.47. The first-order chi connectivity index (χ1) is 8.49. The number of aliphatic hydroxyl groups excluding tert-OH is 1. The number of anilines is 1. The van der Waals surface area contributed by atoms with E-state index in [1.54, 1.807) is 27.5 Å². The van der Waals surface area contributed by atoms with E-state index < -0.39 is 16.8 Å². The molecule has 1 unspecified atom stereocenters. The quantitative estimate of drug-likeness (QED) is 0.496. The maximum atomic E-state index is 13.6. The van der Waals surface area contributed by atoms with Crippen LogP contribution < -0.4 is 4.90 Å². The normalized spacial score (nSPS) is 19.9. The molecule has 2 rings (SSSR count). The SMILES string of the molecule is O=[N+]([O-])c1cc(I)c(F)cc1N1CCCC(O)C1. The minimum Gasteiger partial charge on any atom is -0.391 e. The van der Waals surface area contributed by atoms with Crippen molar-refractivity contribution in [1.29, 1.82) is 0 Å². The Hall–Kier alpha value is -0.960. The van der Waals surface area contributed by atoms with E-state index in [9.17, 15) is 19.6 Å². The van der Waals surface area contributed by atoms with Gasteiger partial charge in [0.15, 0.2) is 0 Å². The van der Waals surface area contributed by atoms with Gasteiger partial charge in [0.05, 0.1) is 14.6 Å². The minimum absolute atomic E-state index is 0.116. The lowest BCUT2D eigenvalue weighted by Gasteiger charge is -2.31.